The monoisotopic (exact) mass is 303 g/mol. The topological polar surface area (TPSA) is 29.9 Å². The standard InChI is InChI=1S/C13H16F3N3S/c1-2-19-12-6-4-3-5-10(12)11(18-19)9-17-7-8-20-13(14,15)16/h3-6,17H,2,7-9H2,1H3. The third-order valence-electron chi connectivity index (χ3n) is 2.87. The summed E-state index contributed by atoms with van der Waals surface area (Å²) < 4.78 is 37.8. The van der Waals surface area contributed by atoms with E-state index < -0.39 is 5.51 Å². The van der Waals surface area contributed by atoms with Gasteiger partial charge in [0.15, 0.2) is 0 Å². The van der Waals surface area contributed by atoms with Gasteiger partial charge in [-0.3, -0.25) is 4.68 Å². The highest BCUT2D eigenvalue weighted by Gasteiger charge is 2.27. The summed E-state index contributed by atoms with van der Waals surface area (Å²) in [5.41, 5.74) is -2.23. The van der Waals surface area contributed by atoms with Crippen molar-refractivity contribution in [1.29, 1.82) is 0 Å². The number of aryl methyl sites for hydroxylation is 1. The van der Waals surface area contributed by atoms with E-state index in [-0.39, 0.29) is 17.5 Å². The van der Waals surface area contributed by atoms with Gasteiger partial charge in [-0.15, -0.1) is 0 Å². The smallest absolute Gasteiger partial charge is 0.310 e. The van der Waals surface area contributed by atoms with Gasteiger partial charge >= 0.3 is 5.51 Å². The van der Waals surface area contributed by atoms with Crippen LogP contribution in [0.15, 0.2) is 24.3 Å². The van der Waals surface area contributed by atoms with Crippen LogP contribution in [0, 0.1) is 0 Å². The molecular weight excluding hydrogens is 287 g/mol. The van der Waals surface area contributed by atoms with Gasteiger partial charge in [0.05, 0.1) is 11.2 Å². The summed E-state index contributed by atoms with van der Waals surface area (Å²) in [5.74, 6) is 0.00984. The van der Waals surface area contributed by atoms with Gasteiger partial charge in [-0.05, 0) is 24.8 Å². The number of nitrogens with one attached hydrogen (secondary N) is 1. The van der Waals surface area contributed by atoms with E-state index in [0.29, 0.717) is 13.1 Å². The van der Waals surface area contributed by atoms with E-state index in [1.165, 1.54) is 0 Å². The fourth-order valence-corrected chi connectivity index (χ4v) is 2.49. The van der Waals surface area contributed by atoms with E-state index >= 15 is 0 Å². The van der Waals surface area contributed by atoms with Crippen molar-refractivity contribution in [1.82, 2.24) is 15.1 Å². The van der Waals surface area contributed by atoms with Gasteiger partial charge in [0.2, 0.25) is 0 Å². The summed E-state index contributed by atoms with van der Waals surface area (Å²) in [7, 11) is 0. The van der Waals surface area contributed by atoms with Crippen molar-refractivity contribution in [3.05, 3.63) is 30.0 Å². The lowest BCUT2D eigenvalue weighted by molar-refractivity contribution is -0.0327. The largest absolute Gasteiger partial charge is 0.441 e. The second-order valence-corrected chi connectivity index (χ2v) is 5.41. The van der Waals surface area contributed by atoms with Crippen molar-refractivity contribution in [2.75, 3.05) is 12.3 Å². The van der Waals surface area contributed by atoms with Crippen LogP contribution in [0.2, 0.25) is 0 Å². The Kier molecular flexibility index (Phi) is 4.93. The molecule has 0 aliphatic carbocycles. The zero-order valence-corrected chi connectivity index (χ0v) is 11.9. The Hall–Kier alpha value is -1.21. The lowest BCUT2D eigenvalue weighted by Gasteiger charge is -2.06. The first-order valence-corrected chi connectivity index (χ1v) is 7.35. The molecule has 0 aliphatic heterocycles. The van der Waals surface area contributed by atoms with Crippen molar-refractivity contribution in [2.24, 2.45) is 0 Å². The van der Waals surface area contributed by atoms with Crippen molar-refractivity contribution in [3.63, 3.8) is 0 Å². The van der Waals surface area contributed by atoms with E-state index in [9.17, 15) is 13.2 Å². The molecule has 0 saturated carbocycles. The predicted octanol–water partition coefficient (Wildman–Crippen LogP) is 3.40. The molecule has 0 bridgehead atoms. The maximum atomic E-state index is 12.0. The van der Waals surface area contributed by atoms with Crippen LogP contribution in [0.4, 0.5) is 13.2 Å². The molecule has 0 amide bonds. The Bertz CT molecular complexity index is 565. The number of aromatic nitrogens is 2. The molecule has 110 valence electrons. The molecule has 7 heteroatoms. The minimum Gasteiger partial charge on any atom is -0.310 e. The number of rotatable bonds is 6. The lowest BCUT2D eigenvalue weighted by Crippen LogP contribution is -2.19. The number of thioether (sulfide) groups is 1. The van der Waals surface area contributed by atoms with E-state index in [1.54, 1.807) is 0 Å². The molecule has 1 aromatic heterocycles. The fraction of sp³-hybridized carbons (Fsp3) is 0.462. The van der Waals surface area contributed by atoms with Crippen LogP contribution in [0.1, 0.15) is 12.6 Å². The minimum absolute atomic E-state index is 0.00607. The summed E-state index contributed by atoms with van der Waals surface area (Å²) in [6.45, 7) is 3.56. The zero-order chi connectivity index (χ0) is 14.6. The summed E-state index contributed by atoms with van der Waals surface area (Å²) in [6, 6.07) is 7.87. The molecule has 2 aromatic rings. The third-order valence-corrected chi connectivity index (χ3v) is 3.61. The lowest BCUT2D eigenvalue weighted by atomic mass is 10.2. The van der Waals surface area contributed by atoms with Crippen LogP contribution in [-0.2, 0) is 13.1 Å². The molecule has 2 rings (SSSR count). The van der Waals surface area contributed by atoms with Crippen LogP contribution in [-0.4, -0.2) is 27.6 Å². The van der Waals surface area contributed by atoms with Crippen molar-refractivity contribution in [2.45, 2.75) is 25.5 Å². The highest BCUT2D eigenvalue weighted by Crippen LogP contribution is 2.29. The maximum Gasteiger partial charge on any atom is 0.441 e. The molecule has 0 spiro atoms. The molecule has 0 fully saturated rings. The summed E-state index contributed by atoms with van der Waals surface area (Å²) >= 11 is -0.00607. The third kappa shape index (κ3) is 3.89. The zero-order valence-electron chi connectivity index (χ0n) is 11.1. The molecule has 3 nitrogen and oxygen atoms in total. The van der Waals surface area contributed by atoms with Crippen LogP contribution in [0.3, 0.4) is 0 Å². The van der Waals surface area contributed by atoms with E-state index in [4.69, 9.17) is 0 Å². The van der Waals surface area contributed by atoms with Crippen molar-refractivity contribution in [3.8, 4) is 0 Å². The van der Waals surface area contributed by atoms with Gasteiger partial charge in [0, 0.05) is 30.8 Å². The predicted molar refractivity (Wildman–Crippen MR) is 75.6 cm³/mol. The van der Waals surface area contributed by atoms with Gasteiger partial charge in [-0.1, -0.05) is 18.2 Å². The molecular formula is C13H16F3N3S. The average Bonchev–Trinajstić information content (AvgIpc) is 2.76. The molecule has 20 heavy (non-hydrogen) atoms. The molecule has 0 atom stereocenters. The van der Waals surface area contributed by atoms with Gasteiger partial charge < -0.3 is 5.32 Å². The number of hydrogen-bond acceptors (Lipinski definition) is 3. The second-order valence-electron chi connectivity index (χ2n) is 4.25. The van der Waals surface area contributed by atoms with Gasteiger partial charge in [0.25, 0.3) is 0 Å². The first kappa shape index (κ1) is 15.2. The Morgan fingerprint density at radius 1 is 1.30 bits per heavy atom. The molecule has 1 N–H and O–H groups in total. The highest BCUT2D eigenvalue weighted by atomic mass is 32.2. The first-order chi connectivity index (χ1) is 9.51. The Labute approximate surface area is 119 Å². The first-order valence-electron chi connectivity index (χ1n) is 6.37. The van der Waals surface area contributed by atoms with Gasteiger partial charge in [-0.25, -0.2) is 0 Å². The Morgan fingerprint density at radius 2 is 2.05 bits per heavy atom. The van der Waals surface area contributed by atoms with E-state index in [1.807, 2.05) is 35.9 Å². The molecule has 1 heterocycles. The molecule has 0 aliphatic rings. The van der Waals surface area contributed by atoms with Crippen LogP contribution in [0.5, 0.6) is 0 Å². The number of halogens is 3. The molecule has 1 aromatic carbocycles. The SMILES string of the molecule is CCn1nc(CNCCSC(F)(F)F)c2ccccc21. The Morgan fingerprint density at radius 3 is 2.75 bits per heavy atom. The van der Waals surface area contributed by atoms with E-state index in [0.717, 1.165) is 23.1 Å². The quantitative estimate of drug-likeness (QED) is 0.830. The molecule has 0 radical (unpaired) electrons. The van der Waals surface area contributed by atoms with Crippen LogP contribution < -0.4 is 5.32 Å². The van der Waals surface area contributed by atoms with E-state index in [2.05, 4.69) is 10.4 Å². The fourth-order valence-electron chi connectivity index (χ4n) is 2.01. The minimum atomic E-state index is -4.15. The highest BCUT2D eigenvalue weighted by molar-refractivity contribution is 8.00. The second kappa shape index (κ2) is 6.49. The van der Waals surface area contributed by atoms with Gasteiger partial charge in [-0.2, -0.15) is 18.3 Å². The summed E-state index contributed by atoms with van der Waals surface area (Å²) in [4.78, 5) is 0. The molecule has 0 saturated heterocycles. The van der Waals surface area contributed by atoms with Crippen molar-refractivity contribution >= 4 is 22.7 Å². The normalized spacial score (nSPS) is 12.2. The van der Waals surface area contributed by atoms with Crippen LogP contribution >= 0.6 is 11.8 Å². The number of fused-ring (bicyclic) bond motifs is 1. The van der Waals surface area contributed by atoms with Crippen LogP contribution in [0.25, 0.3) is 10.9 Å². The van der Waals surface area contributed by atoms with Gasteiger partial charge in [0.1, 0.15) is 0 Å². The number of para-hydroxylation sites is 1. The number of nitrogens with zero attached hydrogens (tertiary/aromatic N) is 2. The number of benzene rings is 1. The maximum absolute atomic E-state index is 12.0. The Balaban J connectivity index is 1.93. The molecule has 0 unspecified atom stereocenters. The average molecular weight is 303 g/mol. The summed E-state index contributed by atoms with van der Waals surface area (Å²) in [5, 5.41) is 8.53. The summed E-state index contributed by atoms with van der Waals surface area (Å²) in [6.07, 6.45) is 0. The number of alkyl halides is 3. The van der Waals surface area contributed by atoms with Crippen molar-refractivity contribution < 1.29 is 13.2 Å². The number of hydrogen-bond donors (Lipinski definition) is 1.